The highest BCUT2D eigenvalue weighted by atomic mass is 35.5. The normalized spacial score (nSPS) is 10.1. The predicted octanol–water partition coefficient (Wildman–Crippen LogP) is 4.58. The first-order valence-corrected chi connectivity index (χ1v) is 7.63. The van der Waals surface area contributed by atoms with Crippen LogP contribution in [0.4, 0.5) is 0 Å². The van der Waals surface area contributed by atoms with Crippen LogP contribution < -0.4 is 4.74 Å². The highest BCUT2D eigenvalue weighted by molar-refractivity contribution is 6.31. The molecule has 0 unspecified atom stereocenters. The fourth-order valence-electron chi connectivity index (χ4n) is 2.31. The maximum Gasteiger partial charge on any atom is 0.303 e. The molecule has 0 amide bonds. The lowest BCUT2D eigenvalue weighted by Crippen LogP contribution is -2.00. The van der Waals surface area contributed by atoms with Gasteiger partial charge >= 0.3 is 5.97 Å². The van der Waals surface area contributed by atoms with E-state index in [2.05, 4.69) is 0 Å². The molecule has 2 aromatic rings. The number of aliphatic carboxylic acids is 1. The van der Waals surface area contributed by atoms with E-state index in [0.29, 0.717) is 28.5 Å². The molecule has 5 heteroatoms. The number of nitriles is 1. The van der Waals surface area contributed by atoms with E-state index >= 15 is 0 Å². The Morgan fingerprint density at radius 1 is 1.30 bits per heavy atom. The number of nitrogens with zero attached hydrogens (tertiary/aromatic N) is 1. The molecule has 0 radical (unpaired) electrons. The maximum absolute atomic E-state index is 10.7. The molecule has 0 heterocycles. The second-order valence-electron chi connectivity index (χ2n) is 5.00. The van der Waals surface area contributed by atoms with Crippen LogP contribution in [0.5, 0.6) is 11.5 Å². The van der Waals surface area contributed by atoms with E-state index in [-0.39, 0.29) is 6.42 Å². The van der Waals surface area contributed by atoms with Gasteiger partial charge < -0.3 is 9.84 Å². The van der Waals surface area contributed by atoms with Gasteiger partial charge in [0.1, 0.15) is 23.1 Å². The molecular formula is C18H16ClNO3. The molecule has 0 saturated heterocycles. The average Bonchev–Trinajstić information content (AvgIpc) is 2.53. The van der Waals surface area contributed by atoms with E-state index < -0.39 is 5.97 Å². The monoisotopic (exact) mass is 329 g/mol. The van der Waals surface area contributed by atoms with Crippen LogP contribution >= 0.6 is 11.6 Å². The topological polar surface area (TPSA) is 70.3 Å². The zero-order chi connectivity index (χ0) is 16.8. The van der Waals surface area contributed by atoms with Crippen molar-refractivity contribution < 1.29 is 14.6 Å². The van der Waals surface area contributed by atoms with E-state index in [1.165, 1.54) is 0 Å². The van der Waals surface area contributed by atoms with Gasteiger partial charge in [0, 0.05) is 6.42 Å². The van der Waals surface area contributed by atoms with Crippen LogP contribution in [0.3, 0.4) is 0 Å². The van der Waals surface area contributed by atoms with Gasteiger partial charge in [-0.25, -0.2) is 0 Å². The summed E-state index contributed by atoms with van der Waals surface area (Å²) in [6.07, 6.45) is 1.35. The highest BCUT2D eigenvalue weighted by Crippen LogP contribution is 2.31. The van der Waals surface area contributed by atoms with Crippen molar-refractivity contribution in [3.05, 3.63) is 58.1 Å². The van der Waals surface area contributed by atoms with Gasteiger partial charge in [0.05, 0.1) is 5.02 Å². The minimum atomic E-state index is -0.815. The third-order valence-corrected chi connectivity index (χ3v) is 3.80. The number of ether oxygens (including phenoxy) is 1. The van der Waals surface area contributed by atoms with Crippen molar-refractivity contribution in [2.45, 2.75) is 26.2 Å². The minimum absolute atomic E-state index is 0.0973. The zero-order valence-electron chi connectivity index (χ0n) is 12.7. The first kappa shape index (κ1) is 16.9. The second kappa shape index (κ2) is 7.66. The van der Waals surface area contributed by atoms with E-state index in [9.17, 15) is 10.1 Å². The summed E-state index contributed by atoms with van der Waals surface area (Å²) in [4.78, 5) is 10.7. The lowest BCUT2D eigenvalue weighted by Gasteiger charge is -2.12. The van der Waals surface area contributed by atoms with E-state index in [1.54, 1.807) is 24.3 Å². The molecule has 0 atom stereocenters. The third kappa shape index (κ3) is 4.24. The van der Waals surface area contributed by atoms with Gasteiger partial charge in [0.15, 0.2) is 0 Å². The Kier molecular flexibility index (Phi) is 5.61. The fraction of sp³-hybridized carbons (Fsp3) is 0.222. The summed E-state index contributed by atoms with van der Waals surface area (Å²) >= 11 is 5.99. The van der Waals surface area contributed by atoms with Crippen molar-refractivity contribution in [2.24, 2.45) is 0 Å². The van der Waals surface area contributed by atoms with Crippen molar-refractivity contribution in [1.29, 1.82) is 5.26 Å². The Hall–Kier alpha value is -2.51. The van der Waals surface area contributed by atoms with Gasteiger partial charge in [-0.15, -0.1) is 0 Å². The van der Waals surface area contributed by atoms with Gasteiger partial charge in [-0.05, 0) is 48.2 Å². The standard InChI is InChI=1S/C18H16ClNO3/c1-2-12-10-14(8-6-13(12)7-9-18(21)22)23-17-5-3-4-16(19)15(17)11-20/h3-6,8,10H,2,7,9H2,1H3,(H,21,22). The Balaban J connectivity index is 2.27. The summed E-state index contributed by atoms with van der Waals surface area (Å²) in [5.41, 5.74) is 2.32. The number of hydrogen-bond donors (Lipinski definition) is 1. The van der Waals surface area contributed by atoms with Crippen molar-refractivity contribution in [1.82, 2.24) is 0 Å². The average molecular weight is 330 g/mol. The number of aryl methyl sites for hydroxylation is 2. The minimum Gasteiger partial charge on any atom is -0.481 e. The van der Waals surface area contributed by atoms with Crippen LogP contribution in [-0.2, 0) is 17.6 Å². The Morgan fingerprint density at radius 2 is 2.09 bits per heavy atom. The number of rotatable bonds is 6. The largest absolute Gasteiger partial charge is 0.481 e. The number of hydrogen-bond acceptors (Lipinski definition) is 3. The Bertz CT molecular complexity index is 765. The smallest absolute Gasteiger partial charge is 0.303 e. The number of carboxylic acid groups (broad SMARTS) is 1. The summed E-state index contributed by atoms with van der Waals surface area (Å²) in [7, 11) is 0. The summed E-state index contributed by atoms with van der Waals surface area (Å²) in [6.45, 7) is 2.00. The van der Waals surface area contributed by atoms with Crippen molar-refractivity contribution >= 4 is 17.6 Å². The molecule has 0 bridgehead atoms. The first-order valence-electron chi connectivity index (χ1n) is 7.25. The molecular weight excluding hydrogens is 314 g/mol. The van der Waals surface area contributed by atoms with Crippen LogP contribution in [0.2, 0.25) is 5.02 Å². The van der Waals surface area contributed by atoms with E-state index in [1.807, 2.05) is 25.1 Å². The van der Waals surface area contributed by atoms with Gasteiger partial charge in [0.2, 0.25) is 0 Å². The number of carbonyl (C=O) groups is 1. The second-order valence-corrected chi connectivity index (χ2v) is 5.41. The summed E-state index contributed by atoms with van der Waals surface area (Å²) in [6, 6.07) is 12.6. The molecule has 0 aliphatic rings. The van der Waals surface area contributed by atoms with Gasteiger partial charge in [0.25, 0.3) is 0 Å². The zero-order valence-corrected chi connectivity index (χ0v) is 13.4. The molecule has 4 nitrogen and oxygen atoms in total. The Morgan fingerprint density at radius 3 is 2.74 bits per heavy atom. The van der Waals surface area contributed by atoms with Crippen molar-refractivity contribution in [3.8, 4) is 17.6 Å². The van der Waals surface area contributed by atoms with Crippen LogP contribution in [0.15, 0.2) is 36.4 Å². The maximum atomic E-state index is 10.7. The van der Waals surface area contributed by atoms with Gasteiger partial charge in [-0.1, -0.05) is 30.7 Å². The Labute approximate surface area is 139 Å². The van der Waals surface area contributed by atoms with E-state index in [0.717, 1.165) is 17.5 Å². The van der Waals surface area contributed by atoms with Gasteiger partial charge in [-0.2, -0.15) is 5.26 Å². The highest BCUT2D eigenvalue weighted by Gasteiger charge is 2.10. The fourth-order valence-corrected chi connectivity index (χ4v) is 2.51. The number of benzene rings is 2. The molecule has 0 aliphatic heterocycles. The molecule has 118 valence electrons. The van der Waals surface area contributed by atoms with Crippen molar-refractivity contribution in [3.63, 3.8) is 0 Å². The predicted molar refractivity (Wildman–Crippen MR) is 88.0 cm³/mol. The summed E-state index contributed by atoms with van der Waals surface area (Å²) in [5.74, 6) is 0.185. The molecule has 2 aromatic carbocycles. The molecule has 2 rings (SSSR count). The van der Waals surface area contributed by atoms with Crippen LogP contribution in [-0.4, -0.2) is 11.1 Å². The molecule has 0 saturated carbocycles. The molecule has 0 spiro atoms. The first-order chi connectivity index (χ1) is 11.0. The van der Waals surface area contributed by atoms with Crippen molar-refractivity contribution in [2.75, 3.05) is 0 Å². The lowest BCUT2D eigenvalue weighted by atomic mass is 10.0. The van der Waals surface area contributed by atoms with Crippen LogP contribution in [0.1, 0.15) is 30.0 Å². The van der Waals surface area contributed by atoms with Gasteiger partial charge in [-0.3, -0.25) is 4.79 Å². The van der Waals surface area contributed by atoms with Crippen LogP contribution in [0.25, 0.3) is 0 Å². The summed E-state index contributed by atoms with van der Waals surface area (Å²) < 4.78 is 5.78. The molecule has 0 fully saturated rings. The number of carboxylic acids is 1. The van der Waals surface area contributed by atoms with E-state index in [4.69, 9.17) is 21.4 Å². The SMILES string of the molecule is CCc1cc(Oc2cccc(Cl)c2C#N)ccc1CCC(=O)O. The number of halogens is 1. The molecule has 23 heavy (non-hydrogen) atoms. The molecule has 0 aromatic heterocycles. The molecule has 0 aliphatic carbocycles. The lowest BCUT2D eigenvalue weighted by molar-refractivity contribution is -0.136. The third-order valence-electron chi connectivity index (χ3n) is 3.48. The van der Waals surface area contributed by atoms with Crippen LogP contribution in [0, 0.1) is 11.3 Å². The summed E-state index contributed by atoms with van der Waals surface area (Å²) in [5, 5.41) is 18.3. The molecule has 1 N–H and O–H groups in total. The quantitative estimate of drug-likeness (QED) is 0.841.